The number of ether oxygens (including phenoxy) is 1. The van der Waals surface area contributed by atoms with Gasteiger partial charge in [-0.15, -0.1) is 0 Å². The van der Waals surface area contributed by atoms with E-state index in [0.29, 0.717) is 13.1 Å². The van der Waals surface area contributed by atoms with Gasteiger partial charge >= 0.3 is 6.09 Å². The third kappa shape index (κ3) is 6.12. The smallest absolute Gasteiger partial charge is 0.410 e. The predicted octanol–water partition coefficient (Wildman–Crippen LogP) is 3.57. The van der Waals surface area contributed by atoms with Crippen LogP contribution in [0.5, 0.6) is 0 Å². The van der Waals surface area contributed by atoms with Crippen molar-refractivity contribution < 1.29 is 14.6 Å². The fraction of sp³-hybridized carbons (Fsp3) is 0.938. The number of rotatable bonds is 6. The van der Waals surface area contributed by atoms with Crippen LogP contribution in [0, 0.1) is 5.92 Å². The van der Waals surface area contributed by atoms with Crippen molar-refractivity contribution in [1.82, 2.24) is 4.90 Å². The molecule has 1 heterocycles. The number of carbonyl (C=O) groups is 1. The van der Waals surface area contributed by atoms with E-state index in [4.69, 9.17) is 4.74 Å². The lowest BCUT2D eigenvalue weighted by molar-refractivity contribution is 0.0265. The number of hydrogen-bond acceptors (Lipinski definition) is 3. The molecule has 1 aliphatic heterocycles. The summed E-state index contributed by atoms with van der Waals surface area (Å²) in [6, 6.07) is 0. The summed E-state index contributed by atoms with van der Waals surface area (Å²) in [4.78, 5) is 13.7. The van der Waals surface area contributed by atoms with Gasteiger partial charge in [0.2, 0.25) is 0 Å². The molecule has 20 heavy (non-hydrogen) atoms. The summed E-state index contributed by atoms with van der Waals surface area (Å²) in [7, 11) is 0. The van der Waals surface area contributed by atoms with Crippen molar-refractivity contribution in [3.05, 3.63) is 0 Å². The van der Waals surface area contributed by atoms with Crippen molar-refractivity contribution in [2.75, 3.05) is 13.1 Å². The molecule has 2 atom stereocenters. The Balaban J connectivity index is 2.29. The molecule has 4 heteroatoms. The molecule has 1 amide bonds. The van der Waals surface area contributed by atoms with Gasteiger partial charge in [-0.2, -0.15) is 0 Å². The molecule has 1 saturated heterocycles. The fourth-order valence-corrected chi connectivity index (χ4v) is 2.61. The minimum absolute atomic E-state index is 0.212. The molecule has 1 fully saturated rings. The summed E-state index contributed by atoms with van der Waals surface area (Å²) in [6.45, 7) is 9.14. The van der Waals surface area contributed by atoms with E-state index in [9.17, 15) is 9.90 Å². The summed E-state index contributed by atoms with van der Waals surface area (Å²) in [5, 5.41) is 10.2. The summed E-state index contributed by atoms with van der Waals surface area (Å²) in [5.41, 5.74) is -0.450. The number of likely N-dealkylation sites (tertiary alicyclic amines) is 1. The SMILES string of the molecule is CCCCCCC(O)C1CCN(C(=O)OC(C)(C)C)C1. The molecule has 0 saturated carbocycles. The van der Waals surface area contributed by atoms with Crippen molar-refractivity contribution in [3.8, 4) is 0 Å². The predicted molar refractivity (Wildman–Crippen MR) is 80.7 cm³/mol. The van der Waals surface area contributed by atoms with E-state index in [2.05, 4.69) is 6.92 Å². The number of carbonyl (C=O) groups excluding carboxylic acids is 1. The zero-order chi connectivity index (χ0) is 15.2. The Bertz CT molecular complexity index is 299. The fourth-order valence-electron chi connectivity index (χ4n) is 2.61. The van der Waals surface area contributed by atoms with Crippen LogP contribution in [0.1, 0.15) is 66.2 Å². The maximum Gasteiger partial charge on any atom is 0.410 e. The van der Waals surface area contributed by atoms with Crippen LogP contribution in [0.4, 0.5) is 4.79 Å². The molecule has 0 aromatic heterocycles. The van der Waals surface area contributed by atoms with E-state index in [-0.39, 0.29) is 18.1 Å². The highest BCUT2D eigenvalue weighted by atomic mass is 16.6. The van der Waals surface area contributed by atoms with E-state index in [1.807, 2.05) is 20.8 Å². The van der Waals surface area contributed by atoms with Gasteiger partial charge in [0.15, 0.2) is 0 Å². The molecule has 0 bridgehead atoms. The maximum atomic E-state index is 12.0. The molecule has 1 aliphatic rings. The van der Waals surface area contributed by atoms with Crippen molar-refractivity contribution in [1.29, 1.82) is 0 Å². The summed E-state index contributed by atoms with van der Waals surface area (Å²) >= 11 is 0. The second-order valence-corrected chi connectivity index (χ2v) is 6.89. The molecule has 0 aromatic rings. The molecule has 2 unspecified atom stereocenters. The van der Waals surface area contributed by atoms with Gasteiger partial charge in [0.1, 0.15) is 5.60 Å². The molecular weight excluding hydrogens is 254 g/mol. The zero-order valence-electron chi connectivity index (χ0n) is 13.5. The second-order valence-electron chi connectivity index (χ2n) is 6.89. The first-order chi connectivity index (χ1) is 9.33. The minimum Gasteiger partial charge on any atom is -0.444 e. The third-order valence-corrected chi connectivity index (χ3v) is 3.77. The van der Waals surface area contributed by atoms with E-state index in [1.165, 1.54) is 19.3 Å². The molecule has 0 aliphatic carbocycles. The first-order valence-corrected chi connectivity index (χ1v) is 7.99. The molecule has 0 aromatic carbocycles. The lowest BCUT2D eigenvalue weighted by Crippen LogP contribution is -2.36. The Hall–Kier alpha value is -0.770. The Morgan fingerprint density at radius 1 is 1.35 bits per heavy atom. The summed E-state index contributed by atoms with van der Waals surface area (Å²) < 4.78 is 5.37. The number of hydrogen-bond donors (Lipinski definition) is 1. The molecule has 0 spiro atoms. The number of amides is 1. The van der Waals surface area contributed by atoms with Gasteiger partial charge in [-0.05, 0) is 33.6 Å². The van der Waals surface area contributed by atoms with Gasteiger partial charge in [0, 0.05) is 19.0 Å². The van der Waals surface area contributed by atoms with Gasteiger partial charge in [-0.25, -0.2) is 4.79 Å². The van der Waals surface area contributed by atoms with E-state index in [0.717, 1.165) is 19.3 Å². The van der Waals surface area contributed by atoms with Crippen LogP contribution in [0.2, 0.25) is 0 Å². The third-order valence-electron chi connectivity index (χ3n) is 3.77. The van der Waals surface area contributed by atoms with Crippen LogP contribution in [0.3, 0.4) is 0 Å². The molecule has 0 radical (unpaired) electrons. The zero-order valence-corrected chi connectivity index (χ0v) is 13.5. The van der Waals surface area contributed by atoms with Gasteiger partial charge in [-0.1, -0.05) is 32.6 Å². The first-order valence-electron chi connectivity index (χ1n) is 7.99. The molecular formula is C16H31NO3. The van der Waals surface area contributed by atoms with Crippen LogP contribution in [0.15, 0.2) is 0 Å². The Morgan fingerprint density at radius 3 is 2.65 bits per heavy atom. The van der Waals surface area contributed by atoms with Crippen molar-refractivity contribution >= 4 is 6.09 Å². The summed E-state index contributed by atoms with van der Waals surface area (Å²) in [6.07, 6.45) is 5.93. The Labute approximate surface area is 123 Å². The summed E-state index contributed by atoms with van der Waals surface area (Å²) in [5.74, 6) is 0.212. The Kier molecular flexibility index (Phi) is 6.80. The van der Waals surface area contributed by atoms with Gasteiger partial charge in [-0.3, -0.25) is 0 Å². The molecule has 1 rings (SSSR count). The second kappa shape index (κ2) is 7.87. The number of nitrogens with zero attached hydrogens (tertiary/aromatic N) is 1. The monoisotopic (exact) mass is 285 g/mol. The van der Waals surface area contributed by atoms with E-state index >= 15 is 0 Å². The van der Waals surface area contributed by atoms with Gasteiger partial charge in [0.05, 0.1) is 6.10 Å². The lowest BCUT2D eigenvalue weighted by atomic mass is 9.96. The Morgan fingerprint density at radius 2 is 2.05 bits per heavy atom. The largest absolute Gasteiger partial charge is 0.444 e. The van der Waals surface area contributed by atoms with E-state index < -0.39 is 5.60 Å². The van der Waals surface area contributed by atoms with Crippen molar-refractivity contribution in [2.24, 2.45) is 5.92 Å². The molecule has 118 valence electrons. The molecule has 4 nitrogen and oxygen atoms in total. The highest BCUT2D eigenvalue weighted by Crippen LogP contribution is 2.24. The highest BCUT2D eigenvalue weighted by Gasteiger charge is 2.32. The van der Waals surface area contributed by atoms with Crippen LogP contribution < -0.4 is 0 Å². The normalized spacial score (nSPS) is 21.1. The average Bonchev–Trinajstić information content (AvgIpc) is 2.82. The van der Waals surface area contributed by atoms with Gasteiger partial charge < -0.3 is 14.7 Å². The molecule has 1 N–H and O–H groups in total. The number of unbranched alkanes of at least 4 members (excludes halogenated alkanes) is 3. The average molecular weight is 285 g/mol. The quantitative estimate of drug-likeness (QED) is 0.759. The van der Waals surface area contributed by atoms with Crippen LogP contribution >= 0.6 is 0 Å². The first kappa shape index (κ1) is 17.3. The van der Waals surface area contributed by atoms with Crippen LogP contribution in [-0.4, -0.2) is 40.9 Å². The standard InChI is InChI=1S/C16H31NO3/c1-5-6-7-8-9-14(18)13-10-11-17(12-13)15(19)20-16(2,3)4/h13-14,18H,5-12H2,1-4H3. The lowest BCUT2D eigenvalue weighted by Gasteiger charge is -2.25. The van der Waals surface area contributed by atoms with E-state index in [1.54, 1.807) is 4.90 Å². The maximum absolute atomic E-state index is 12.0. The van der Waals surface area contributed by atoms with Gasteiger partial charge in [0.25, 0.3) is 0 Å². The van der Waals surface area contributed by atoms with Crippen LogP contribution in [-0.2, 0) is 4.74 Å². The number of aliphatic hydroxyl groups excluding tert-OH is 1. The topological polar surface area (TPSA) is 49.8 Å². The number of aliphatic hydroxyl groups is 1. The van der Waals surface area contributed by atoms with Crippen molar-refractivity contribution in [2.45, 2.75) is 77.9 Å². The van der Waals surface area contributed by atoms with Crippen LogP contribution in [0.25, 0.3) is 0 Å². The minimum atomic E-state index is -0.450. The van der Waals surface area contributed by atoms with Crippen molar-refractivity contribution in [3.63, 3.8) is 0 Å². The highest BCUT2D eigenvalue weighted by molar-refractivity contribution is 5.68.